The molecule has 1 N–H and O–H groups in total. The highest BCUT2D eigenvalue weighted by molar-refractivity contribution is 7.99. The van der Waals surface area contributed by atoms with Crippen LogP contribution >= 0.6 is 11.8 Å². The Bertz CT molecular complexity index is 546. The second-order valence-electron chi connectivity index (χ2n) is 3.86. The first-order chi connectivity index (χ1) is 9.27. The third-order valence-electron chi connectivity index (χ3n) is 2.53. The molecule has 0 fully saturated rings. The Balaban J connectivity index is 1.85. The topological polar surface area (TPSA) is 55.2 Å². The fraction of sp³-hybridized carbons (Fsp3) is 0.143. The summed E-state index contributed by atoms with van der Waals surface area (Å²) in [5.74, 6) is 0.857. The minimum atomic E-state index is -0.368. The number of nitro benzene ring substituents is 1. The molecule has 0 heterocycles. The second-order valence-corrected chi connectivity index (χ2v) is 5.03. The van der Waals surface area contributed by atoms with Gasteiger partial charge in [-0.15, -0.1) is 11.8 Å². The number of anilines is 1. The molecule has 0 aromatic heterocycles. The van der Waals surface area contributed by atoms with Gasteiger partial charge in [-0.1, -0.05) is 30.3 Å². The maximum Gasteiger partial charge on any atom is 0.292 e. The molecular weight excluding hydrogens is 260 g/mol. The lowest BCUT2D eigenvalue weighted by molar-refractivity contribution is -0.384. The van der Waals surface area contributed by atoms with E-state index < -0.39 is 0 Å². The molecule has 0 saturated carbocycles. The van der Waals surface area contributed by atoms with Crippen LogP contribution in [0.4, 0.5) is 11.4 Å². The molecule has 0 aliphatic rings. The molecule has 0 aliphatic carbocycles. The lowest BCUT2D eigenvalue weighted by atomic mass is 10.2. The molecule has 2 rings (SSSR count). The van der Waals surface area contributed by atoms with Crippen LogP contribution in [0.1, 0.15) is 0 Å². The van der Waals surface area contributed by atoms with Crippen LogP contribution in [0, 0.1) is 10.1 Å². The van der Waals surface area contributed by atoms with Crippen LogP contribution in [0.25, 0.3) is 0 Å². The van der Waals surface area contributed by atoms with Gasteiger partial charge in [0.1, 0.15) is 5.69 Å². The number of nitrogens with zero attached hydrogens (tertiary/aromatic N) is 1. The van der Waals surface area contributed by atoms with Crippen LogP contribution in [0.3, 0.4) is 0 Å². The molecule has 2 aromatic rings. The van der Waals surface area contributed by atoms with Crippen LogP contribution in [0.2, 0.25) is 0 Å². The van der Waals surface area contributed by atoms with Crippen molar-refractivity contribution < 1.29 is 4.92 Å². The van der Waals surface area contributed by atoms with Gasteiger partial charge in [-0.3, -0.25) is 10.1 Å². The summed E-state index contributed by atoms with van der Waals surface area (Å²) in [4.78, 5) is 11.7. The summed E-state index contributed by atoms with van der Waals surface area (Å²) < 4.78 is 0. The summed E-state index contributed by atoms with van der Waals surface area (Å²) in [6.45, 7) is 0.685. The second kappa shape index (κ2) is 6.80. The van der Waals surface area contributed by atoms with Crippen LogP contribution < -0.4 is 5.32 Å². The van der Waals surface area contributed by atoms with Crippen LogP contribution in [-0.4, -0.2) is 17.2 Å². The Morgan fingerprint density at radius 1 is 1.05 bits per heavy atom. The van der Waals surface area contributed by atoms with E-state index in [0.29, 0.717) is 12.2 Å². The molecule has 0 bridgehead atoms. The molecule has 0 spiro atoms. The van der Waals surface area contributed by atoms with Crippen molar-refractivity contribution in [1.82, 2.24) is 0 Å². The number of thioether (sulfide) groups is 1. The Kier molecular flexibility index (Phi) is 4.80. The Hall–Kier alpha value is -2.01. The number of hydrogen-bond acceptors (Lipinski definition) is 4. The molecule has 0 unspecified atom stereocenters. The number of para-hydroxylation sites is 2. The van der Waals surface area contributed by atoms with Crippen LogP contribution in [-0.2, 0) is 0 Å². The molecule has 5 heteroatoms. The van der Waals surface area contributed by atoms with E-state index in [0.717, 1.165) is 5.75 Å². The van der Waals surface area contributed by atoms with Gasteiger partial charge in [0.15, 0.2) is 0 Å². The summed E-state index contributed by atoms with van der Waals surface area (Å²) in [6.07, 6.45) is 0. The highest BCUT2D eigenvalue weighted by Crippen LogP contribution is 2.23. The van der Waals surface area contributed by atoms with Gasteiger partial charge in [0.2, 0.25) is 0 Å². The van der Waals surface area contributed by atoms with E-state index in [2.05, 4.69) is 17.4 Å². The van der Waals surface area contributed by atoms with Crippen molar-refractivity contribution in [3.63, 3.8) is 0 Å². The van der Waals surface area contributed by atoms with Crippen molar-refractivity contribution in [2.75, 3.05) is 17.6 Å². The first-order valence-electron chi connectivity index (χ1n) is 5.92. The standard InChI is InChI=1S/C14H14N2O2S/c17-16(18)14-9-5-4-8-13(14)15-10-11-19-12-6-2-1-3-7-12/h1-9,15H,10-11H2. The summed E-state index contributed by atoms with van der Waals surface area (Å²) in [7, 11) is 0. The number of hydrogen-bond donors (Lipinski definition) is 1. The lowest BCUT2D eigenvalue weighted by Gasteiger charge is -2.06. The summed E-state index contributed by atoms with van der Waals surface area (Å²) in [5.41, 5.74) is 0.688. The van der Waals surface area contributed by atoms with Gasteiger partial charge in [-0.2, -0.15) is 0 Å². The molecule has 0 radical (unpaired) electrons. The average molecular weight is 274 g/mol. The molecule has 2 aromatic carbocycles. The Morgan fingerprint density at radius 3 is 2.47 bits per heavy atom. The van der Waals surface area contributed by atoms with E-state index in [1.807, 2.05) is 18.2 Å². The van der Waals surface area contributed by atoms with Crippen molar-refractivity contribution in [3.8, 4) is 0 Å². The van der Waals surface area contributed by atoms with Crippen molar-refractivity contribution >= 4 is 23.1 Å². The zero-order valence-corrected chi connectivity index (χ0v) is 11.1. The van der Waals surface area contributed by atoms with Crippen molar-refractivity contribution in [2.45, 2.75) is 4.90 Å². The minimum absolute atomic E-state index is 0.118. The zero-order chi connectivity index (χ0) is 13.5. The molecule has 19 heavy (non-hydrogen) atoms. The van der Waals surface area contributed by atoms with E-state index in [1.165, 1.54) is 11.0 Å². The van der Waals surface area contributed by atoms with E-state index in [4.69, 9.17) is 0 Å². The molecule has 0 amide bonds. The highest BCUT2D eigenvalue weighted by atomic mass is 32.2. The largest absolute Gasteiger partial charge is 0.379 e. The molecular formula is C14H14N2O2S. The van der Waals surface area contributed by atoms with Gasteiger partial charge in [0, 0.05) is 23.3 Å². The quantitative estimate of drug-likeness (QED) is 0.377. The van der Waals surface area contributed by atoms with Gasteiger partial charge in [-0.25, -0.2) is 0 Å². The monoisotopic (exact) mass is 274 g/mol. The SMILES string of the molecule is O=[N+]([O-])c1ccccc1NCCSc1ccccc1. The van der Waals surface area contributed by atoms with Crippen molar-refractivity contribution in [2.24, 2.45) is 0 Å². The first-order valence-corrected chi connectivity index (χ1v) is 6.91. The van der Waals surface area contributed by atoms with Gasteiger partial charge >= 0.3 is 0 Å². The van der Waals surface area contributed by atoms with E-state index in [1.54, 1.807) is 30.0 Å². The van der Waals surface area contributed by atoms with Crippen molar-refractivity contribution in [1.29, 1.82) is 0 Å². The highest BCUT2D eigenvalue weighted by Gasteiger charge is 2.10. The summed E-state index contributed by atoms with van der Waals surface area (Å²) in [5, 5.41) is 13.9. The van der Waals surface area contributed by atoms with Crippen LogP contribution in [0.15, 0.2) is 59.5 Å². The lowest BCUT2D eigenvalue weighted by Crippen LogP contribution is -2.06. The summed E-state index contributed by atoms with van der Waals surface area (Å²) >= 11 is 1.72. The molecule has 0 aliphatic heterocycles. The predicted octanol–water partition coefficient (Wildman–Crippen LogP) is 3.80. The van der Waals surface area contributed by atoms with Crippen LogP contribution in [0.5, 0.6) is 0 Å². The number of benzene rings is 2. The maximum absolute atomic E-state index is 10.8. The third-order valence-corrected chi connectivity index (χ3v) is 3.54. The fourth-order valence-corrected chi connectivity index (χ4v) is 2.44. The Morgan fingerprint density at radius 2 is 1.74 bits per heavy atom. The normalized spacial score (nSPS) is 10.1. The zero-order valence-electron chi connectivity index (χ0n) is 10.3. The summed E-state index contributed by atoms with van der Waals surface area (Å²) in [6, 6.07) is 16.8. The van der Waals surface area contributed by atoms with Gasteiger partial charge < -0.3 is 5.32 Å². The third kappa shape index (κ3) is 3.99. The molecule has 0 atom stereocenters. The van der Waals surface area contributed by atoms with E-state index in [-0.39, 0.29) is 10.6 Å². The first kappa shape index (κ1) is 13.4. The smallest absolute Gasteiger partial charge is 0.292 e. The molecule has 98 valence electrons. The van der Waals surface area contributed by atoms with Crippen molar-refractivity contribution in [3.05, 3.63) is 64.7 Å². The fourth-order valence-electron chi connectivity index (χ4n) is 1.65. The van der Waals surface area contributed by atoms with Gasteiger partial charge in [0.25, 0.3) is 5.69 Å². The van der Waals surface area contributed by atoms with E-state index in [9.17, 15) is 10.1 Å². The maximum atomic E-state index is 10.8. The van der Waals surface area contributed by atoms with Gasteiger partial charge in [-0.05, 0) is 18.2 Å². The molecule has 4 nitrogen and oxygen atoms in total. The molecule has 0 saturated heterocycles. The number of nitrogens with one attached hydrogen (secondary N) is 1. The Labute approximate surface area is 116 Å². The number of rotatable bonds is 6. The number of nitro groups is 1. The predicted molar refractivity (Wildman–Crippen MR) is 78.8 cm³/mol. The van der Waals surface area contributed by atoms with Gasteiger partial charge in [0.05, 0.1) is 4.92 Å². The van der Waals surface area contributed by atoms with E-state index >= 15 is 0 Å². The average Bonchev–Trinajstić information content (AvgIpc) is 2.45. The minimum Gasteiger partial charge on any atom is -0.379 e.